The molecule has 4 rings (SSSR count). The topological polar surface area (TPSA) is 50.2 Å². The summed E-state index contributed by atoms with van der Waals surface area (Å²) < 4.78 is 16.0. The van der Waals surface area contributed by atoms with Gasteiger partial charge in [0.2, 0.25) is 0 Å². The first kappa shape index (κ1) is 19.3. The molecule has 3 heterocycles. The van der Waals surface area contributed by atoms with Gasteiger partial charge in [0.1, 0.15) is 5.82 Å². The Morgan fingerprint density at radius 2 is 2.14 bits per heavy atom. The van der Waals surface area contributed by atoms with Gasteiger partial charge in [-0.3, -0.25) is 9.78 Å². The minimum atomic E-state index is -0.428. The van der Waals surface area contributed by atoms with Crippen LogP contribution in [0.25, 0.3) is 22.2 Å². The van der Waals surface area contributed by atoms with E-state index in [-0.39, 0.29) is 11.9 Å². The van der Waals surface area contributed by atoms with Gasteiger partial charge >= 0.3 is 0 Å². The molecule has 150 valence electrons. The lowest BCUT2D eigenvalue weighted by Gasteiger charge is -2.23. The third kappa shape index (κ3) is 3.56. The molecular weight excluding hydrogens is 367 g/mol. The number of carbonyl (C=O) groups excluding carboxylic acids is 1. The van der Waals surface area contributed by atoms with Gasteiger partial charge in [0.15, 0.2) is 0 Å². The summed E-state index contributed by atoms with van der Waals surface area (Å²) in [4.78, 5) is 19.0. The lowest BCUT2D eigenvalue weighted by atomic mass is 10.0. The van der Waals surface area contributed by atoms with Gasteiger partial charge in [-0.1, -0.05) is 6.08 Å². The van der Waals surface area contributed by atoms with E-state index < -0.39 is 5.82 Å². The maximum atomic E-state index is 14.1. The molecule has 3 aromatic rings. The predicted octanol–water partition coefficient (Wildman–Crippen LogP) is 4.02. The first-order chi connectivity index (χ1) is 14.0. The molecule has 0 spiro atoms. The molecule has 0 unspecified atom stereocenters. The van der Waals surface area contributed by atoms with Crippen molar-refractivity contribution in [3.05, 3.63) is 65.9 Å². The highest BCUT2D eigenvalue weighted by Crippen LogP contribution is 2.31. The number of hydrogen-bond donors (Lipinski definition) is 1. The Hall–Kier alpha value is -2.99. The van der Waals surface area contributed by atoms with Crippen LogP contribution >= 0.6 is 0 Å². The summed E-state index contributed by atoms with van der Waals surface area (Å²) in [5, 5.41) is 4.47. The molecule has 29 heavy (non-hydrogen) atoms. The molecule has 2 aromatic heterocycles. The van der Waals surface area contributed by atoms with Crippen molar-refractivity contribution in [2.75, 3.05) is 20.1 Å². The van der Waals surface area contributed by atoms with E-state index in [9.17, 15) is 9.18 Å². The van der Waals surface area contributed by atoms with E-state index in [1.807, 2.05) is 30.7 Å². The summed E-state index contributed by atoms with van der Waals surface area (Å²) >= 11 is 0. The molecule has 0 bridgehead atoms. The Balaban J connectivity index is 1.92. The summed E-state index contributed by atoms with van der Waals surface area (Å²) in [6, 6.07) is 6.38. The number of halogens is 1. The minimum absolute atomic E-state index is 0.00993. The second-order valence-corrected chi connectivity index (χ2v) is 7.67. The predicted molar refractivity (Wildman–Crippen MR) is 114 cm³/mol. The number of aromatic nitrogens is 2. The molecule has 0 fully saturated rings. The number of carbonyl (C=O) groups is 1. The van der Waals surface area contributed by atoms with Gasteiger partial charge in [-0.15, -0.1) is 0 Å². The third-order valence-corrected chi connectivity index (χ3v) is 5.52. The van der Waals surface area contributed by atoms with E-state index in [0.717, 1.165) is 36.0 Å². The van der Waals surface area contributed by atoms with Crippen molar-refractivity contribution >= 4 is 22.4 Å². The second kappa shape index (κ2) is 7.79. The number of nitrogens with zero attached hydrogens (tertiary/aromatic N) is 3. The van der Waals surface area contributed by atoms with Crippen molar-refractivity contribution in [3.63, 3.8) is 0 Å². The van der Waals surface area contributed by atoms with Gasteiger partial charge in [0, 0.05) is 43.0 Å². The highest BCUT2D eigenvalue weighted by Gasteiger charge is 2.22. The summed E-state index contributed by atoms with van der Waals surface area (Å²) in [5.74, 6) is -0.636. The normalized spacial score (nSPS) is 14.3. The molecular formula is C23H25FN4O. The van der Waals surface area contributed by atoms with Gasteiger partial charge in [-0.05, 0) is 56.7 Å². The first-order valence-electron chi connectivity index (χ1n) is 9.89. The molecule has 1 amide bonds. The minimum Gasteiger partial charge on any atom is -0.339 e. The number of benzene rings is 1. The van der Waals surface area contributed by atoms with Crippen molar-refractivity contribution < 1.29 is 9.18 Å². The van der Waals surface area contributed by atoms with Crippen LogP contribution in [-0.4, -0.2) is 46.5 Å². The smallest absolute Gasteiger partial charge is 0.256 e. The van der Waals surface area contributed by atoms with Crippen LogP contribution < -0.4 is 5.32 Å². The molecule has 5 nitrogen and oxygen atoms in total. The molecule has 0 radical (unpaired) electrons. The molecule has 1 N–H and O–H groups in total. The van der Waals surface area contributed by atoms with E-state index in [1.54, 1.807) is 30.4 Å². The lowest BCUT2D eigenvalue weighted by Crippen LogP contribution is -2.33. The number of pyridine rings is 1. The fourth-order valence-corrected chi connectivity index (χ4v) is 3.69. The van der Waals surface area contributed by atoms with Crippen LogP contribution in [0.4, 0.5) is 4.39 Å². The van der Waals surface area contributed by atoms with Crippen molar-refractivity contribution in [2.45, 2.75) is 26.3 Å². The van der Waals surface area contributed by atoms with Gasteiger partial charge in [-0.2, -0.15) is 0 Å². The SMILES string of the molecule is CC(C)N(C)C(=O)c1cc(F)ccc1-n1cc(C2=CCCNC2)c2ccncc21. The number of rotatable bonds is 4. The zero-order valence-electron chi connectivity index (χ0n) is 16.9. The van der Waals surface area contributed by atoms with Crippen LogP contribution in [-0.2, 0) is 0 Å². The van der Waals surface area contributed by atoms with E-state index in [0.29, 0.717) is 11.3 Å². The molecule has 0 atom stereocenters. The standard InChI is InChI=1S/C23H25FN4O/c1-15(2)27(3)23(29)19-11-17(24)6-7-21(19)28-14-20(16-5-4-9-25-12-16)18-8-10-26-13-22(18)28/h5-8,10-11,13-15,25H,4,9,12H2,1-3H3. The lowest BCUT2D eigenvalue weighted by molar-refractivity contribution is 0.0754. The van der Waals surface area contributed by atoms with Crippen LogP contribution in [0.2, 0.25) is 0 Å². The van der Waals surface area contributed by atoms with E-state index >= 15 is 0 Å². The van der Waals surface area contributed by atoms with Crippen molar-refractivity contribution in [3.8, 4) is 5.69 Å². The summed E-state index contributed by atoms with van der Waals surface area (Å²) in [5.41, 5.74) is 4.21. The van der Waals surface area contributed by atoms with Crippen LogP contribution in [0.1, 0.15) is 36.2 Å². The maximum Gasteiger partial charge on any atom is 0.256 e. The highest BCUT2D eigenvalue weighted by molar-refractivity contribution is 6.00. The van der Waals surface area contributed by atoms with E-state index in [2.05, 4.69) is 16.4 Å². The molecule has 0 saturated heterocycles. The fraction of sp³-hybridized carbons (Fsp3) is 0.304. The quantitative estimate of drug-likeness (QED) is 0.730. The zero-order chi connectivity index (χ0) is 20.5. The third-order valence-electron chi connectivity index (χ3n) is 5.52. The number of hydrogen-bond acceptors (Lipinski definition) is 3. The molecule has 1 aromatic carbocycles. The van der Waals surface area contributed by atoms with Crippen LogP contribution in [0.15, 0.2) is 48.9 Å². The van der Waals surface area contributed by atoms with Gasteiger partial charge in [-0.25, -0.2) is 4.39 Å². The first-order valence-corrected chi connectivity index (χ1v) is 9.89. The molecule has 0 saturated carbocycles. The van der Waals surface area contributed by atoms with Crippen molar-refractivity contribution in [2.24, 2.45) is 0 Å². The van der Waals surface area contributed by atoms with Crippen molar-refractivity contribution in [1.82, 2.24) is 19.8 Å². The van der Waals surface area contributed by atoms with Crippen molar-refractivity contribution in [1.29, 1.82) is 0 Å². The average molecular weight is 392 g/mol. The Morgan fingerprint density at radius 1 is 1.31 bits per heavy atom. The Bertz CT molecular complexity index is 1100. The van der Waals surface area contributed by atoms with E-state index in [1.165, 1.54) is 17.7 Å². The second-order valence-electron chi connectivity index (χ2n) is 7.67. The molecule has 6 heteroatoms. The zero-order valence-corrected chi connectivity index (χ0v) is 16.9. The molecule has 1 aliphatic heterocycles. The van der Waals surface area contributed by atoms with Gasteiger partial charge in [0.05, 0.1) is 23.0 Å². The van der Waals surface area contributed by atoms with Crippen LogP contribution in [0.3, 0.4) is 0 Å². The summed E-state index contributed by atoms with van der Waals surface area (Å²) in [6.45, 7) is 5.65. The Labute approximate surface area is 169 Å². The molecule has 0 aliphatic carbocycles. The van der Waals surface area contributed by atoms with Crippen LogP contribution in [0.5, 0.6) is 0 Å². The number of amides is 1. The maximum absolute atomic E-state index is 14.1. The largest absolute Gasteiger partial charge is 0.339 e. The number of fused-ring (bicyclic) bond motifs is 1. The van der Waals surface area contributed by atoms with Gasteiger partial charge < -0.3 is 14.8 Å². The average Bonchev–Trinajstić information content (AvgIpc) is 3.13. The van der Waals surface area contributed by atoms with Crippen LogP contribution in [0, 0.1) is 5.82 Å². The Kier molecular flexibility index (Phi) is 5.20. The summed E-state index contributed by atoms with van der Waals surface area (Å²) in [6.07, 6.45) is 8.83. The highest BCUT2D eigenvalue weighted by atomic mass is 19.1. The summed E-state index contributed by atoms with van der Waals surface area (Å²) in [7, 11) is 1.74. The van der Waals surface area contributed by atoms with Gasteiger partial charge in [0.25, 0.3) is 5.91 Å². The monoisotopic (exact) mass is 392 g/mol. The number of nitrogens with one attached hydrogen (secondary N) is 1. The fourth-order valence-electron chi connectivity index (χ4n) is 3.69. The molecule has 1 aliphatic rings. The van der Waals surface area contributed by atoms with E-state index in [4.69, 9.17) is 0 Å². The Morgan fingerprint density at radius 3 is 2.86 bits per heavy atom.